The first-order valence-corrected chi connectivity index (χ1v) is 6.91. The van der Waals surface area contributed by atoms with Gasteiger partial charge in [-0.15, -0.1) is 0 Å². The van der Waals surface area contributed by atoms with Crippen molar-refractivity contribution in [2.45, 2.75) is 0 Å². The van der Waals surface area contributed by atoms with Gasteiger partial charge in [-0.05, 0) is 54.7 Å². The third-order valence-electron chi connectivity index (χ3n) is 2.28. The molecule has 6 heteroatoms. The molecule has 2 N–H and O–H groups in total. The monoisotopic (exact) mass is 358 g/mol. The van der Waals surface area contributed by atoms with Crippen molar-refractivity contribution in [3.05, 3.63) is 57.8 Å². The molecule has 0 saturated heterocycles. The summed E-state index contributed by atoms with van der Waals surface area (Å²) in [5.74, 6) is -0.387. The van der Waals surface area contributed by atoms with Gasteiger partial charge in [-0.1, -0.05) is 27.5 Å². The maximum Gasteiger partial charge on any atom is 0.175 e. The molecule has 2 aromatic rings. The lowest BCUT2D eigenvalue weighted by molar-refractivity contribution is 0.628. The summed E-state index contributed by atoms with van der Waals surface area (Å²) in [6, 6.07) is 11.6. The van der Waals surface area contributed by atoms with Gasteiger partial charge in [0.2, 0.25) is 0 Å². The van der Waals surface area contributed by atoms with Crippen LogP contribution in [0.3, 0.4) is 0 Å². The van der Waals surface area contributed by atoms with Gasteiger partial charge in [-0.3, -0.25) is 0 Å². The van der Waals surface area contributed by atoms with Crippen LogP contribution in [0, 0.1) is 5.82 Å². The summed E-state index contributed by atoms with van der Waals surface area (Å²) in [5.41, 5.74) is 1.40. The number of halogens is 3. The van der Waals surface area contributed by atoms with Gasteiger partial charge in [0.1, 0.15) is 5.82 Å². The van der Waals surface area contributed by atoms with Gasteiger partial charge >= 0.3 is 0 Å². The van der Waals surface area contributed by atoms with E-state index in [2.05, 4.69) is 26.6 Å². The maximum atomic E-state index is 12.9. The fourth-order valence-corrected chi connectivity index (χ4v) is 2.12. The average molecular weight is 360 g/mol. The van der Waals surface area contributed by atoms with E-state index in [9.17, 15) is 4.39 Å². The van der Waals surface area contributed by atoms with Gasteiger partial charge in [0.25, 0.3) is 0 Å². The van der Waals surface area contributed by atoms with Crippen molar-refractivity contribution in [2.24, 2.45) is 0 Å². The smallest absolute Gasteiger partial charge is 0.175 e. The van der Waals surface area contributed by atoms with Gasteiger partial charge in [-0.2, -0.15) is 0 Å². The van der Waals surface area contributed by atoms with Crippen molar-refractivity contribution in [1.82, 2.24) is 0 Å². The van der Waals surface area contributed by atoms with Crippen LogP contribution in [-0.2, 0) is 0 Å². The van der Waals surface area contributed by atoms with Crippen LogP contribution < -0.4 is 10.6 Å². The Bertz CT molecular complexity index is 604. The van der Waals surface area contributed by atoms with E-state index >= 15 is 0 Å². The molecule has 0 saturated carbocycles. The molecule has 19 heavy (non-hydrogen) atoms. The first kappa shape index (κ1) is 14.2. The van der Waals surface area contributed by atoms with E-state index in [4.69, 9.17) is 23.8 Å². The highest BCUT2D eigenvalue weighted by Gasteiger charge is 2.04. The first-order chi connectivity index (χ1) is 9.04. The molecule has 2 rings (SSSR count). The fourth-order valence-electron chi connectivity index (χ4n) is 1.41. The molecule has 0 unspecified atom stereocenters. The van der Waals surface area contributed by atoms with E-state index in [1.807, 2.05) is 24.3 Å². The average Bonchev–Trinajstić information content (AvgIpc) is 2.36. The zero-order valence-electron chi connectivity index (χ0n) is 9.58. The Morgan fingerprint density at radius 3 is 2.42 bits per heavy atom. The van der Waals surface area contributed by atoms with Crippen molar-refractivity contribution in [3.8, 4) is 0 Å². The molecule has 0 bridgehead atoms. The highest BCUT2D eigenvalue weighted by molar-refractivity contribution is 9.10. The molecular formula is C13H9BrClFN2S. The largest absolute Gasteiger partial charge is 0.332 e. The standard InChI is InChI=1S/C13H9BrClFN2S/c14-8-1-4-10(5-2-8)17-13(19)18-12-6-3-9(16)7-11(12)15/h1-7H,(H2,17,18,19). The van der Waals surface area contributed by atoms with E-state index in [0.717, 1.165) is 10.2 Å². The lowest BCUT2D eigenvalue weighted by atomic mass is 10.3. The molecule has 0 aliphatic heterocycles. The van der Waals surface area contributed by atoms with E-state index in [-0.39, 0.29) is 10.8 Å². The normalized spacial score (nSPS) is 10.1. The quantitative estimate of drug-likeness (QED) is 0.734. The van der Waals surface area contributed by atoms with Crippen molar-refractivity contribution < 1.29 is 4.39 Å². The second kappa shape index (κ2) is 6.32. The molecule has 0 spiro atoms. The number of hydrogen-bond acceptors (Lipinski definition) is 1. The summed E-state index contributed by atoms with van der Waals surface area (Å²) in [5, 5.41) is 6.58. The van der Waals surface area contributed by atoms with Crippen molar-refractivity contribution in [3.63, 3.8) is 0 Å². The Morgan fingerprint density at radius 1 is 1.11 bits per heavy atom. The third kappa shape index (κ3) is 4.16. The lowest BCUT2D eigenvalue weighted by Gasteiger charge is -2.11. The van der Waals surface area contributed by atoms with Crippen LogP contribution in [0.25, 0.3) is 0 Å². The predicted molar refractivity (Wildman–Crippen MR) is 85.4 cm³/mol. The molecule has 0 radical (unpaired) electrons. The van der Waals surface area contributed by atoms with Gasteiger partial charge in [0.15, 0.2) is 5.11 Å². The van der Waals surface area contributed by atoms with Gasteiger partial charge in [0.05, 0.1) is 10.7 Å². The van der Waals surface area contributed by atoms with E-state index < -0.39 is 0 Å². The summed E-state index contributed by atoms with van der Waals surface area (Å²) >= 11 is 14.4. The molecule has 0 amide bonds. The SMILES string of the molecule is Fc1ccc(NC(=S)Nc2ccc(Br)cc2)c(Cl)c1. The van der Waals surface area contributed by atoms with Gasteiger partial charge in [-0.25, -0.2) is 4.39 Å². The minimum atomic E-state index is -0.387. The molecule has 2 nitrogen and oxygen atoms in total. The minimum absolute atomic E-state index is 0.278. The molecular weight excluding hydrogens is 351 g/mol. The highest BCUT2D eigenvalue weighted by atomic mass is 79.9. The van der Waals surface area contributed by atoms with Crippen LogP contribution >= 0.6 is 39.7 Å². The Labute approximate surface area is 129 Å². The van der Waals surface area contributed by atoms with E-state index in [0.29, 0.717) is 10.8 Å². The summed E-state index contributed by atoms with van der Waals surface area (Å²) < 4.78 is 13.9. The Hall–Kier alpha value is -1.17. The number of rotatable bonds is 2. The molecule has 0 heterocycles. The van der Waals surface area contributed by atoms with Crippen LogP contribution in [0.15, 0.2) is 46.9 Å². The fraction of sp³-hybridized carbons (Fsp3) is 0. The first-order valence-electron chi connectivity index (χ1n) is 5.33. The summed E-state index contributed by atoms with van der Waals surface area (Å²) in [7, 11) is 0. The molecule has 2 aromatic carbocycles. The molecule has 0 fully saturated rings. The zero-order valence-corrected chi connectivity index (χ0v) is 12.7. The number of anilines is 2. The van der Waals surface area contributed by atoms with Crippen molar-refractivity contribution in [1.29, 1.82) is 0 Å². The Kier molecular flexibility index (Phi) is 4.74. The van der Waals surface area contributed by atoms with Crippen molar-refractivity contribution in [2.75, 3.05) is 10.6 Å². The molecule has 0 atom stereocenters. The second-order valence-corrected chi connectivity index (χ2v) is 5.44. The molecule has 0 aliphatic carbocycles. The third-order valence-corrected chi connectivity index (χ3v) is 3.33. The number of hydrogen-bond donors (Lipinski definition) is 2. The lowest BCUT2D eigenvalue weighted by Crippen LogP contribution is -2.19. The van der Waals surface area contributed by atoms with Crippen LogP contribution in [0.1, 0.15) is 0 Å². The zero-order chi connectivity index (χ0) is 13.8. The summed E-state index contributed by atoms with van der Waals surface area (Å²) in [4.78, 5) is 0. The second-order valence-electron chi connectivity index (χ2n) is 3.71. The Balaban J connectivity index is 2.03. The minimum Gasteiger partial charge on any atom is -0.332 e. The maximum absolute atomic E-state index is 12.9. The number of thiocarbonyl (C=S) groups is 1. The van der Waals surface area contributed by atoms with Gasteiger partial charge < -0.3 is 10.6 Å². The van der Waals surface area contributed by atoms with E-state index in [1.165, 1.54) is 18.2 Å². The Morgan fingerprint density at radius 2 is 1.79 bits per heavy atom. The molecule has 0 aromatic heterocycles. The van der Waals surface area contributed by atoms with Crippen LogP contribution in [0.2, 0.25) is 5.02 Å². The van der Waals surface area contributed by atoms with Crippen LogP contribution in [-0.4, -0.2) is 5.11 Å². The highest BCUT2D eigenvalue weighted by Crippen LogP contribution is 2.22. The molecule has 0 aliphatic rings. The van der Waals surface area contributed by atoms with Crippen LogP contribution in [0.4, 0.5) is 15.8 Å². The summed E-state index contributed by atoms with van der Waals surface area (Å²) in [6.45, 7) is 0. The number of nitrogens with one attached hydrogen (secondary N) is 2. The predicted octanol–water partition coefficient (Wildman–Crippen LogP) is 5.05. The van der Waals surface area contributed by atoms with Crippen LogP contribution in [0.5, 0.6) is 0 Å². The molecule has 98 valence electrons. The number of benzene rings is 2. The van der Waals surface area contributed by atoms with Gasteiger partial charge in [0, 0.05) is 10.2 Å². The summed E-state index contributed by atoms with van der Waals surface area (Å²) in [6.07, 6.45) is 0. The van der Waals surface area contributed by atoms with Crippen molar-refractivity contribution >= 4 is 56.2 Å². The topological polar surface area (TPSA) is 24.1 Å². The van der Waals surface area contributed by atoms with E-state index in [1.54, 1.807) is 0 Å².